The van der Waals surface area contributed by atoms with E-state index < -0.39 is 0 Å². The Bertz CT molecular complexity index is 1070. The van der Waals surface area contributed by atoms with Crippen LogP contribution in [0.25, 0.3) is 11.0 Å². The highest BCUT2D eigenvalue weighted by Crippen LogP contribution is 2.38. The highest BCUT2D eigenvalue weighted by Gasteiger charge is 2.38. The zero-order valence-electron chi connectivity index (χ0n) is 15.6. The van der Waals surface area contributed by atoms with E-state index in [0.29, 0.717) is 18.5 Å². The van der Waals surface area contributed by atoms with Gasteiger partial charge in [0.2, 0.25) is 11.2 Å². The van der Waals surface area contributed by atoms with Crippen molar-refractivity contribution in [3.63, 3.8) is 0 Å². The first-order chi connectivity index (χ1) is 14.2. The monoisotopic (exact) mass is 410 g/mol. The van der Waals surface area contributed by atoms with Crippen LogP contribution in [0.5, 0.6) is 6.01 Å². The molecule has 2 atom stereocenters. The zero-order valence-corrected chi connectivity index (χ0v) is 16.4. The summed E-state index contributed by atoms with van der Waals surface area (Å²) in [5.74, 6) is 1.22. The van der Waals surface area contributed by atoms with Gasteiger partial charge in [0.25, 0.3) is 0 Å². The first-order valence-electron chi connectivity index (χ1n) is 9.69. The molecular weight excluding hydrogens is 392 g/mol. The number of H-pyrrole nitrogens is 1. The van der Waals surface area contributed by atoms with Gasteiger partial charge in [0.05, 0.1) is 24.3 Å². The third-order valence-corrected chi connectivity index (χ3v) is 5.79. The van der Waals surface area contributed by atoms with Gasteiger partial charge in [-0.15, -0.1) is 0 Å². The maximum absolute atomic E-state index is 8.90. The molecule has 0 aromatic carbocycles. The second-order valence-electron chi connectivity index (χ2n) is 7.50. The fourth-order valence-electron chi connectivity index (χ4n) is 3.84. The Hall–Kier alpha value is -2.99. The van der Waals surface area contributed by atoms with Crippen LogP contribution < -0.4 is 9.64 Å². The van der Waals surface area contributed by atoms with Crippen LogP contribution in [0.3, 0.4) is 0 Å². The summed E-state index contributed by atoms with van der Waals surface area (Å²) in [7, 11) is 0. The second kappa shape index (κ2) is 7.44. The minimum absolute atomic E-state index is 0.0825. The molecule has 3 aromatic heterocycles. The van der Waals surface area contributed by atoms with E-state index in [4.69, 9.17) is 21.6 Å². The summed E-state index contributed by atoms with van der Waals surface area (Å²) < 4.78 is 5.66. The molecule has 4 heterocycles. The van der Waals surface area contributed by atoms with E-state index >= 15 is 0 Å². The number of pyridine rings is 1. The Labute approximate surface area is 172 Å². The molecule has 10 heteroatoms. The van der Waals surface area contributed by atoms with E-state index in [1.165, 1.54) is 0 Å². The van der Waals surface area contributed by atoms with Gasteiger partial charge < -0.3 is 9.64 Å². The molecule has 3 aromatic rings. The lowest BCUT2D eigenvalue weighted by molar-refractivity contribution is 0.272. The fourth-order valence-corrected chi connectivity index (χ4v) is 3.99. The van der Waals surface area contributed by atoms with Crippen LogP contribution in [0.1, 0.15) is 30.9 Å². The molecule has 0 amide bonds. The number of nitriles is 1. The molecule has 5 rings (SSSR count). The Morgan fingerprint density at radius 2 is 2.14 bits per heavy atom. The van der Waals surface area contributed by atoms with Gasteiger partial charge >= 0.3 is 6.01 Å². The van der Waals surface area contributed by atoms with Gasteiger partial charge in [0.1, 0.15) is 0 Å². The van der Waals surface area contributed by atoms with Gasteiger partial charge in [0, 0.05) is 36.5 Å². The summed E-state index contributed by atoms with van der Waals surface area (Å²) >= 11 is 6.09. The van der Waals surface area contributed by atoms with E-state index in [0.717, 1.165) is 49.1 Å². The van der Waals surface area contributed by atoms with E-state index in [2.05, 4.69) is 47.2 Å². The van der Waals surface area contributed by atoms with Crippen LogP contribution in [0.2, 0.25) is 5.28 Å². The second-order valence-corrected chi connectivity index (χ2v) is 7.84. The summed E-state index contributed by atoms with van der Waals surface area (Å²) in [6.07, 6.45) is 4.49. The minimum atomic E-state index is 0.0825. The summed E-state index contributed by atoms with van der Waals surface area (Å²) in [4.78, 5) is 19.2. The van der Waals surface area contributed by atoms with Crippen molar-refractivity contribution >= 4 is 28.6 Å². The molecule has 1 N–H and O–H groups in total. The third-order valence-electron chi connectivity index (χ3n) is 5.62. The SMILES string of the molecule is N#C[C@@H]1C[C@@H]1COc1nc(Cl)nc(N2CCC(c3n[nH]c4ncccc34)CC2)n1. The third kappa shape index (κ3) is 3.68. The molecule has 1 saturated carbocycles. The predicted molar refractivity (Wildman–Crippen MR) is 106 cm³/mol. The van der Waals surface area contributed by atoms with Crippen LogP contribution in [0.4, 0.5) is 5.95 Å². The molecular formula is C19H19ClN8O. The first-order valence-corrected chi connectivity index (χ1v) is 10.1. The maximum atomic E-state index is 8.90. The molecule has 1 aliphatic carbocycles. The normalized spacial score (nSPS) is 21.9. The highest BCUT2D eigenvalue weighted by molar-refractivity contribution is 6.28. The molecule has 0 spiro atoms. The number of rotatable bonds is 5. The standard InChI is InChI=1S/C19H19ClN8O/c20-17-23-18(25-19(24-17)29-10-13-8-12(13)9-21)28-6-3-11(4-7-28)15-14-2-1-5-22-16(14)27-26-15/h1-2,5,11-13H,3-4,6-8,10H2,(H,22,26,27)/t12-,13+/m0/s1. The van der Waals surface area contributed by atoms with Crippen molar-refractivity contribution in [1.82, 2.24) is 30.1 Å². The number of fused-ring (bicyclic) bond motifs is 1. The predicted octanol–water partition coefficient (Wildman–Crippen LogP) is 2.72. The topological polar surface area (TPSA) is 116 Å². The van der Waals surface area contributed by atoms with E-state index in [9.17, 15) is 0 Å². The Balaban J connectivity index is 1.25. The smallest absolute Gasteiger partial charge is 0.322 e. The number of nitrogens with zero attached hydrogens (tertiary/aromatic N) is 7. The number of ether oxygens (including phenoxy) is 1. The molecule has 0 radical (unpaired) electrons. The van der Waals surface area contributed by atoms with Crippen molar-refractivity contribution in [3.05, 3.63) is 29.3 Å². The van der Waals surface area contributed by atoms with Crippen molar-refractivity contribution in [1.29, 1.82) is 5.26 Å². The molecule has 148 valence electrons. The quantitative estimate of drug-likeness (QED) is 0.682. The van der Waals surface area contributed by atoms with Gasteiger partial charge in [-0.2, -0.15) is 25.3 Å². The number of hydrogen-bond donors (Lipinski definition) is 1. The number of aromatic amines is 1. The Kier molecular flexibility index (Phi) is 4.64. The number of halogens is 1. The van der Waals surface area contributed by atoms with Crippen molar-refractivity contribution < 1.29 is 4.74 Å². The molecule has 9 nitrogen and oxygen atoms in total. The molecule has 0 bridgehead atoms. The number of anilines is 1. The number of aromatic nitrogens is 6. The molecule has 1 saturated heterocycles. The van der Waals surface area contributed by atoms with Gasteiger partial charge in [-0.25, -0.2) is 4.98 Å². The highest BCUT2D eigenvalue weighted by atomic mass is 35.5. The van der Waals surface area contributed by atoms with Gasteiger partial charge in [-0.3, -0.25) is 5.10 Å². The average molecular weight is 411 g/mol. The molecule has 2 aliphatic rings. The Morgan fingerprint density at radius 3 is 2.93 bits per heavy atom. The molecule has 29 heavy (non-hydrogen) atoms. The summed E-state index contributed by atoms with van der Waals surface area (Å²) in [5, 5.41) is 17.6. The van der Waals surface area contributed by atoms with Gasteiger partial charge in [-0.05, 0) is 43.0 Å². The zero-order chi connectivity index (χ0) is 19.8. The van der Waals surface area contributed by atoms with Crippen LogP contribution in [-0.4, -0.2) is 49.8 Å². The Morgan fingerprint density at radius 1 is 1.28 bits per heavy atom. The van der Waals surface area contributed by atoms with Crippen LogP contribution in [0.15, 0.2) is 18.3 Å². The molecule has 0 unspecified atom stereocenters. The van der Waals surface area contributed by atoms with Gasteiger partial charge in [0.15, 0.2) is 5.65 Å². The lowest BCUT2D eigenvalue weighted by atomic mass is 9.92. The lowest BCUT2D eigenvalue weighted by Gasteiger charge is -2.31. The minimum Gasteiger partial charge on any atom is -0.463 e. The largest absolute Gasteiger partial charge is 0.463 e. The fraction of sp³-hybridized carbons (Fsp3) is 0.474. The van der Waals surface area contributed by atoms with Crippen LogP contribution in [-0.2, 0) is 0 Å². The van der Waals surface area contributed by atoms with Crippen molar-refractivity contribution in [3.8, 4) is 12.1 Å². The van der Waals surface area contributed by atoms with Gasteiger partial charge in [-0.1, -0.05) is 0 Å². The number of nitrogens with one attached hydrogen (secondary N) is 1. The average Bonchev–Trinajstić information content (AvgIpc) is 3.39. The molecule has 2 fully saturated rings. The summed E-state index contributed by atoms with van der Waals surface area (Å²) in [5.41, 5.74) is 1.90. The van der Waals surface area contributed by atoms with E-state index in [1.807, 2.05) is 6.07 Å². The van der Waals surface area contributed by atoms with Crippen molar-refractivity contribution in [2.75, 3.05) is 24.6 Å². The van der Waals surface area contributed by atoms with E-state index in [-0.39, 0.29) is 23.1 Å². The summed E-state index contributed by atoms with van der Waals surface area (Å²) in [6, 6.07) is 6.46. The number of piperidine rings is 1. The maximum Gasteiger partial charge on any atom is 0.322 e. The first kappa shape index (κ1) is 18.1. The van der Waals surface area contributed by atoms with E-state index in [1.54, 1.807) is 6.20 Å². The van der Waals surface area contributed by atoms with Crippen molar-refractivity contribution in [2.24, 2.45) is 11.8 Å². The van der Waals surface area contributed by atoms with Crippen LogP contribution >= 0.6 is 11.6 Å². The lowest BCUT2D eigenvalue weighted by Crippen LogP contribution is -2.34. The molecule has 1 aliphatic heterocycles. The number of hydrogen-bond acceptors (Lipinski definition) is 8. The van der Waals surface area contributed by atoms with Crippen LogP contribution in [0, 0.1) is 23.2 Å². The van der Waals surface area contributed by atoms with Crippen molar-refractivity contribution in [2.45, 2.75) is 25.2 Å². The summed E-state index contributed by atoms with van der Waals surface area (Å²) in [6.45, 7) is 2.01.